The number of ketones is 1. The van der Waals surface area contributed by atoms with E-state index in [1.165, 1.54) is 31.4 Å². The van der Waals surface area contributed by atoms with E-state index in [1.807, 2.05) is 12.1 Å². The molecule has 2 saturated heterocycles. The Kier molecular flexibility index (Phi) is 4.35. The zero-order valence-electron chi connectivity index (χ0n) is 13.8. The van der Waals surface area contributed by atoms with Crippen LogP contribution in [0.25, 0.3) is 0 Å². The van der Waals surface area contributed by atoms with E-state index in [-0.39, 0.29) is 17.7 Å². The first kappa shape index (κ1) is 16.4. The van der Waals surface area contributed by atoms with E-state index >= 15 is 0 Å². The second-order valence-electron chi connectivity index (χ2n) is 6.54. The fourth-order valence-corrected chi connectivity index (χ4v) is 4.19. The summed E-state index contributed by atoms with van der Waals surface area (Å²) in [7, 11) is 0. The summed E-state index contributed by atoms with van der Waals surface area (Å²) in [6, 6.07) is 8.53. The number of nitrogens with one attached hydrogen (secondary N) is 2. The quantitative estimate of drug-likeness (QED) is 0.801. The molecule has 2 N–H and O–H groups in total. The summed E-state index contributed by atoms with van der Waals surface area (Å²) >= 11 is 1.32. The molecule has 2 bridgehead atoms. The lowest BCUT2D eigenvalue weighted by atomic mass is 9.95. The van der Waals surface area contributed by atoms with E-state index in [0.717, 1.165) is 17.7 Å². The van der Waals surface area contributed by atoms with Gasteiger partial charge in [-0.25, -0.2) is 4.98 Å². The highest BCUT2D eigenvalue weighted by molar-refractivity contribution is 7.99. The second-order valence-corrected chi connectivity index (χ2v) is 7.57. The van der Waals surface area contributed by atoms with Gasteiger partial charge >= 0.3 is 0 Å². The minimum absolute atomic E-state index is 0.0362. The monoisotopic (exact) mass is 357 g/mol. The molecule has 2 fully saturated rings. The summed E-state index contributed by atoms with van der Waals surface area (Å²) in [4.78, 5) is 28.7. The molecule has 1 aromatic carbocycles. The van der Waals surface area contributed by atoms with Crippen LogP contribution in [0.3, 0.4) is 0 Å². The summed E-state index contributed by atoms with van der Waals surface area (Å²) in [5.41, 5.74) is 0.960. The molecule has 2 aliphatic heterocycles. The van der Waals surface area contributed by atoms with Gasteiger partial charge in [-0.05, 0) is 55.3 Å². The third-order valence-electron chi connectivity index (χ3n) is 4.78. The molecule has 2 aromatic rings. The molecule has 3 atom stereocenters. The van der Waals surface area contributed by atoms with Crippen molar-refractivity contribution in [3.63, 3.8) is 0 Å². The molecular weight excluding hydrogens is 338 g/mol. The maximum Gasteiger partial charge on any atom is 0.261 e. The van der Waals surface area contributed by atoms with Crippen LogP contribution >= 0.6 is 11.8 Å². The van der Waals surface area contributed by atoms with Crippen molar-refractivity contribution in [2.24, 2.45) is 0 Å². The van der Waals surface area contributed by atoms with E-state index in [1.54, 1.807) is 12.1 Å². The number of Topliss-reactive ketones (excluding diaryl/α,β-unsaturated/α-hetero) is 1. The Morgan fingerprint density at radius 3 is 2.68 bits per heavy atom. The Morgan fingerprint density at radius 2 is 2.08 bits per heavy atom. The molecule has 4 rings (SSSR count). The molecule has 0 radical (unpaired) electrons. The van der Waals surface area contributed by atoms with Crippen LogP contribution in [-0.2, 0) is 0 Å². The predicted octanol–water partition coefficient (Wildman–Crippen LogP) is 2.65. The molecule has 1 aromatic heterocycles. The zero-order valence-corrected chi connectivity index (χ0v) is 14.6. The molecule has 6 nitrogen and oxygen atoms in total. The van der Waals surface area contributed by atoms with Gasteiger partial charge in [0.2, 0.25) is 0 Å². The third kappa shape index (κ3) is 3.48. The second kappa shape index (κ2) is 6.65. The SMILES string of the molecule is CC(=O)c1coc(Sc2ccc(C(=O)NC3CC4CCC3N4)cc2)n1. The molecule has 3 heterocycles. The predicted molar refractivity (Wildman–Crippen MR) is 92.9 cm³/mol. The molecule has 7 heteroatoms. The number of aromatic nitrogens is 1. The first-order valence-electron chi connectivity index (χ1n) is 8.40. The van der Waals surface area contributed by atoms with Crippen molar-refractivity contribution in [1.82, 2.24) is 15.6 Å². The van der Waals surface area contributed by atoms with Gasteiger partial charge in [-0.1, -0.05) is 0 Å². The Labute approximate surface area is 149 Å². The van der Waals surface area contributed by atoms with Crippen LogP contribution in [0.5, 0.6) is 0 Å². The van der Waals surface area contributed by atoms with Gasteiger partial charge in [0, 0.05) is 35.5 Å². The van der Waals surface area contributed by atoms with E-state index in [4.69, 9.17) is 4.42 Å². The van der Waals surface area contributed by atoms with Crippen LogP contribution in [0.4, 0.5) is 0 Å². The van der Waals surface area contributed by atoms with Crippen molar-refractivity contribution in [3.05, 3.63) is 41.8 Å². The van der Waals surface area contributed by atoms with Gasteiger partial charge in [0.1, 0.15) is 12.0 Å². The van der Waals surface area contributed by atoms with Gasteiger partial charge in [0.05, 0.1) is 0 Å². The lowest BCUT2D eigenvalue weighted by Gasteiger charge is -2.21. The number of amides is 1. The van der Waals surface area contributed by atoms with Crippen LogP contribution in [0.15, 0.2) is 45.1 Å². The number of nitrogens with zero attached hydrogens (tertiary/aromatic N) is 1. The van der Waals surface area contributed by atoms with Gasteiger partial charge in [0.25, 0.3) is 11.1 Å². The number of carbonyl (C=O) groups is 2. The first-order valence-corrected chi connectivity index (χ1v) is 9.21. The largest absolute Gasteiger partial charge is 0.439 e. The molecule has 2 aliphatic rings. The number of rotatable bonds is 5. The minimum Gasteiger partial charge on any atom is -0.439 e. The van der Waals surface area contributed by atoms with Crippen LogP contribution in [0.1, 0.15) is 47.0 Å². The molecule has 0 aliphatic carbocycles. The normalized spacial score (nSPS) is 24.4. The Balaban J connectivity index is 1.37. The van der Waals surface area contributed by atoms with Crippen LogP contribution in [0, 0.1) is 0 Å². The van der Waals surface area contributed by atoms with Crippen molar-refractivity contribution in [2.75, 3.05) is 0 Å². The van der Waals surface area contributed by atoms with Crippen LogP contribution in [0.2, 0.25) is 0 Å². The summed E-state index contributed by atoms with van der Waals surface area (Å²) in [5, 5.41) is 7.07. The fraction of sp³-hybridized carbons (Fsp3) is 0.389. The maximum atomic E-state index is 12.4. The Hall–Kier alpha value is -2.12. The first-order chi connectivity index (χ1) is 12.1. The van der Waals surface area contributed by atoms with Crippen molar-refractivity contribution < 1.29 is 14.0 Å². The summed E-state index contributed by atoms with van der Waals surface area (Å²) in [6.45, 7) is 1.45. The number of hydrogen-bond donors (Lipinski definition) is 2. The number of oxazole rings is 1. The maximum absolute atomic E-state index is 12.4. The number of benzene rings is 1. The summed E-state index contributed by atoms with van der Waals surface area (Å²) < 4.78 is 5.27. The van der Waals surface area contributed by atoms with Gasteiger partial charge < -0.3 is 15.1 Å². The van der Waals surface area contributed by atoms with E-state index in [9.17, 15) is 9.59 Å². The molecular formula is C18H19N3O3S. The lowest BCUT2D eigenvalue weighted by Crippen LogP contribution is -2.42. The van der Waals surface area contributed by atoms with Gasteiger partial charge in [-0.2, -0.15) is 0 Å². The average molecular weight is 357 g/mol. The molecule has 1 amide bonds. The fourth-order valence-electron chi connectivity index (χ4n) is 3.48. The minimum atomic E-state index is -0.127. The lowest BCUT2D eigenvalue weighted by molar-refractivity contribution is 0.0930. The van der Waals surface area contributed by atoms with Crippen molar-refractivity contribution >= 4 is 23.5 Å². The van der Waals surface area contributed by atoms with Crippen LogP contribution in [-0.4, -0.2) is 34.8 Å². The van der Waals surface area contributed by atoms with Crippen molar-refractivity contribution in [2.45, 2.75) is 54.4 Å². The standard InChI is InChI=1S/C18H19N3O3S/c1-10(22)16-9-24-18(21-16)25-13-5-2-11(3-6-13)17(23)20-15-8-12-4-7-14(15)19-12/h2-3,5-6,9,12,14-15,19H,4,7-8H2,1H3,(H,20,23). The molecule has 0 saturated carbocycles. The van der Waals surface area contributed by atoms with Gasteiger partial charge in [0.15, 0.2) is 5.78 Å². The number of carbonyl (C=O) groups excluding carboxylic acids is 2. The molecule has 3 unspecified atom stereocenters. The molecule has 25 heavy (non-hydrogen) atoms. The molecule has 130 valence electrons. The topological polar surface area (TPSA) is 84.2 Å². The van der Waals surface area contributed by atoms with Crippen molar-refractivity contribution in [3.8, 4) is 0 Å². The average Bonchev–Trinajstić information content (AvgIpc) is 3.32. The van der Waals surface area contributed by atoms with E-state index in [0.29, 0.717) is 28.6 Å². The number of fused-ring (bicyclic) bond motifs is 2. The van der Waals surface area contributed by atoms with Crippen molar-refractivity contribution in [1.29, 1.82) is 0 Å². The van der Waals surface area contributed by atoms with Crippen LogP contribution < -0.4 is 10.6 Å². The summed E-state index contributed by atoms with van der Waals surface area (Å²) in [6.07, 6.45) is 4.74. The number of hydrogen-bond acceptors (Lipinski definition) is 6. The zero-order chi connectivity index (χ0) is 17.4. The Morgan fingerprint density at radius 1 is 1.28 bits per heavy atom. The highest BCUT2D eigenvalue weighted by Gasteiger charge is 2.39. The van der Waals surface area contributed by atoms with Gasteiger partial charge in [-0.3, -0.25) is 9.59 Å². The third-order valence-corrected chi connectivity index (χ3v) is 5.65. The Bertz CT molecular complexity index is 802. The highest BCUT2D eigenvalue weighted by atomic mass is 32.2. The highest BCUT2D eigenvalue weighted by Crippen LogP contribution is 2.29. The van der Waals surface area contributed by atoms with E-state index < -0.39 is 0 Å². The molecule has 0 spiro atoms. The van der Waals surface area contributed by atoms with Gasteiger partial charge in [-0.15, -0.1) is 0 Å². The summed E-state index contributed by atoms with van der Waals surface area (Å²) in [5.74, 6) is -0.163. The smallest absolute Gasteiger partial charge is 0.261 e. The van der Waals surface area contributed by atoms with E-state index in [2.05, 4.69) is 15.6 Å².